The second-order valence-electron chi connectivity index (χ2n) is 9.05. The maximum Gasteiger partial charge on any atom is 0.254 e. The summed E-state index contributed by atoms with van der Waals surface area (Å²) in [6.45, 7) is 5.76. The summed E-state index contributed by atoms with van der Waals surface area (Å²) in [6, 6.07) is 16.6. The van der Waals surface area contributed by atoms with Gasteiger partial charge in [0.15, 0.2) is 0 Å². The average Bonchev–Trinajstić information content (AvgIpc) is 3.23. The van der Waals surface area contributed by atoms with Crippen LogP contribution in [0.3, 0.4) is 0 Å². The maximum absolute atomic E-state index is 13.6. The largest absolute Gasteiger partial charge is 0.379 e. The number of hydrogen-bond donors (Lipinski definition) is 0. The number of nitrogens with zero attached hydrogens (tertiary/aromatic N) is 3. The smallest absolute Gasteiger partial charge is 0.254 e. The summed E-state index contributed by atoms with van der Waals surface area (Å²) in [4.78, 5) is 22.3. The van der Waals surface area contributed by atoms with E-state index in [0.29, 0.717) is 19.8 Å². The first kappa shape index (κ1) is 21.1. The minimum absolute atomic E-state index is 0.136. The van der Waals surface area contributed by atoms with Gasteiger partial charge in [-0.15, -0.1) is 0 Å². The van der Waals surface area contributed by atoms with E-state index in [4.69, 9.17) is 4.74 Å². The van der Waals surface area contributed by atoms with Crippen molar-refractivity contribution < 1.29 is 9.53 Å². The summed E-state index contributed by atoms with van der Waals surface area (Å²) in [5, 5.41) is 2.39. The Kier molecular flexibility index (Phi) is 6.46. The van der Waals surface area contributed by atoms with Crippen molar-refractivity contribution in [3.05, 3.63) is 77.6 Å². The van der Waals surface area contributed by atoms with Gasteiger partial charge in [-0.3, -0.25) is 14.7 Å². The van der Waals surface area contributed by atoms with E-state index in [-0.39, 0.29) is 11.8 Å². The molecule has 166 valence electrons. The molecule has 2 aromatic carbocycles. The summed E-state index contributed by atoms with van der Waals surface area (Å²) >= 11 is 0. The van der Waals surface area contributed by atoms with Gasteiger partial charge in [0.1, 0.15) is 0 Å². The highest BCUT2D eigenvalue weighted by molar-refractivity contribution is 5.95. The van der Waals surface area contributed by atoms with Crippen molar-refractivity contribution in [2.24, 2.45) is 5.92 Å². The lowest BCUT2D eigenvalue weighted by Gasteiger charge is -2.26. The summed E-state index contributed by atoms with van der Waals surface area (Å²) in [5.74, 6) is 0.406. The Morgan fingerprint density at radius 2 is 1.84 bits per heavy atom. The van der Waals surface area contributed by atoms with E-state index in [2.05, 4.69) is 40.2 Å². The van der Waals surface area contributed by atoms with Crippen LogP contribution in [-0.2, 0) is 17.7 Å². The van der Waals surface area contributed by atoms with Crippen molar-refractivity contribution in [2.75, 3.05) is 39.4 Å². The number of carbonyl (C=O) groups is 1. The predicted octanol–water partition coefficient (Wildman–Crippen LogP) is 4.16. The zero-order valence-corrected chi connectivity index (χ0v) is 18.6. The SMILES string of the molecule is O=C(c1ccccc1CN1CCCC1)N1CCOCC(Cc2cccc3cnccc23)C1. The lowest BCUT2D eigenvalue weighted by atomic mass is 9.95. The van der Waals surface area contributed by atoms with E-state index < -0.39 is 0 Å². The van der Waals surface area contributed by atoms with Gasteiger partial charge in [0.25, 0.3) is 5.91 Å². The molecule has 0 spiro atoms. The Morgan fingerprint density at radius 3 is 2.75 bits per heavy atom. The standard InChI is InChI=1S/C27H31N3O2/c31-27(26-9-2-1-6-24(26)19-29-12-3-4-13-29)30-14-15-32-20-21(18-30)16-22-7-5-8-23-17-28-11-10-25(22)23/h1-2,5-11,17,21H,3-4,12-16,18-20H2. The predicted molar refractivity (Wildman–Crippen MR) is 127 cm³/mol. The van der Waals surface area contributed by atoms with E-state index in [9.17, 15) is 4.79 Å². The Hall–Kier alpha value is -2.76. The van der Waals surface area contributed by atoms with Crippen LogP contribution in [0.25, 0.3) is 10.8 Å². The van der Waals surface area contributed by atoms with Gasteiger partial charge < -0.3 is 9.64 Å². The second kappa shape index (κ2) is 9.80. The molecule has 0 N–H and O–H groups in total. The average molecular weight is 430 g/mol. The quantitative estimate of drug-likeness (QED) is 0.611. The highest BCUT2D eigenvalue weighted by atomic mass is 16.5. The van der Waals surface area contributed by atoms with Gasteiger partial charge in [-0.2, -0.15) is 0 Å². The molecule has 3 heterocycles. The van der Waals surface area contributed by atoms with Crippen LogP contribution < -0.4 is 0 Å². The van der Waals surface area contributed by atoms with Crippen molar-refractivity contribution >= 4 is 16.7 Å². The van der Waals surface area contributed by atoms with Crippen molar-refractivity contribution in [2.45, 2.75) is 25.8 Å². The molecular weight excluding hydrogens is 398 g/mol. The molecular formula is C27H31N3O2. The first-order valence-electron chi connectivity index (χ1n) is 11.8. The van der Waals surface area contributed by atoms with Crippen LogP contribution in [0.1, 0.15) is 34.3 Å². The molecule has 32 heavy (non-hydrogen) atoms. The number of likely N-dealkylation sites (tertiary alicyclic amines) is 1. The summed E-state index contributed by atoms with van der Waals surface area (Å²) in [7, 11) is 0. The molecule has 1 aromatic heterocycles. The molecule has 2 aliphatic heterocycles. The number of benzene rings is 2. The lowest BCUT2D eigenvalue weighted by molar-refractivity contribution is 0.0735. The molecule has 1 atom stereocenters. The van der Waals surface area contributed by atoms with Gasteiger partial charge in [0, 0.05) is 48.9 Å². The van der Waals surface area contributed by atoms with Gasteiger partial charge >= 0.3 is 0 Å². The van der Waals surface area contributed by atoms with Gasteiger partial charge in [-0.1, -0.05) is 36.4 Å². The molecule has 2 saturated heterocycles. The first-order valence-corrected chi connectivity index (χ1v) is 11.8. The van der Waals surface area contributed by atoms with Crippen LogP contribution in [0.5, 0.6) is 0 Å². The van der Waals surface area contributed by atoms with E-state index in [1.807, 2.05) is 35.5 Å². The fraction of sp³-hybridized carbons (Fsp3) is 0.407. The fourth-order valence-electron chi connectivity index (χ4n) is 5.09. The molecule has 5 nitrogen and oxygen atoms in total. The van der Waals surface area contributed by atoms with Crippen LogP contribution in [0, 0.1) is 5.92 Å². The third kappa shape index (κ3) is 4.69. The number of hydrogen-bond acceptors (Lipinski definition) is 4. The van der Waals surface area contributed by atoms with Crippen LogP contribution in [0.4, 0.5) is 0 Å². The lowest BCUT2D eigenvalue weighted by Crippen LogP contribution is -2.37. The molecule has 2 aliphatic rings. The minimum atomic E-state index is 0.136. The van der Waals surface area contributed by atoms with Crippen molar-refractivity contribution in [3.63, 3.8) is 0 Å². The number of rotatable bonds is 5. The Morgan fingerprint density at radius 1 is 1.00 bits per heavy atom. The second-order valence-corrected chi connectivity index (χ2v) is 9.05. The molecule has 3 aromatic rings. The van der Waals surface area contributed by atoms with Gasteiger partial charge in [-0.25, -0.2) is 0 Å². The third-order valence-corrected chi connectivity index (χ3v) is 6.74. The van der Waals surface area contributed by atoms with Gasteiger partial charge in [-0.05, 0) is 61.0 Å². The highest BCUT2D eigenvalue weighted by Crippen LogP contribution is 2.24. The molecule has 2 fully saturated rings. The Bertz CT molecular complexity index is 1070. The first-order chi connectivity index (χ1) is 15.8. The van der Waals surface area contributed by atoms with Crippen molar-refractivity contribution in [3.8, 4) is 0 Å². The summed E-state index contributed by atoms with van der Waals surface area (Å²) in [6.07, 6.45) is 7.16. The van der Waals surface area contributed by atoms with E-state index >= 15 is 0 Å². The minimum Gasteiger partial charge on any atom is -0.379 e. The van der Waals surface area contributed by atoms with Crippen LogP contribution in [0.2, 0.25) is 0 Å². The monoisotopic (exact) mass is 429 g/mol. The number of carbonyl (C=O) groups excluding carboxylic acids is 1. The maximum atomic E-state index is 13.6. The number of fused-ring (bicyclic) bond motifs is 1. The number of pyridine rings is 1. The van der Waals surface area contributed by atoms with Crippen LogP contribution >= 0.6 is 0 Å². The third-order valence-electron chi connectivity index (χ3n) is 6.74. The zero-order valence-electron chi connectivity index (χ0n) is 18.6. The molecule has 0 radical (unpaired) electrons. The Balaban J connectivity index is 1.33. The Labute approximate surface area is 190 Å². The number of ether oxygens (including phenoxy) is 1. The van der Waals surface area contributed by atoms with Gasteiger partial charge in [0.05, 0.1) is 13.2 Å². The van der Waals surface area contributed by atoms with Crippen LogP contribution in [0.15, 0.2) is 60.9 Å². The summed E-state index contributed by atoms with van der Waals surface area (Å²) < 4.78 is 5.93. The van der Waals surface area contributed by atoms with E-state index in [1.54, 1.807) is 0 Å². The normalized spacial score (nSPS) is 19.9. The molecule has 5 rings (SSSR count). The highest BCUT2D eigenvalue weighted by Gasteiger charge is 2.26. The molecule has 0 saturated carbocycles. The van der Waals surface area contributed by atoms with Crippen molar-refractivity contribution in [1.29, 1.82) is 0 Å². The van der Waals surface area contributed by atoms with Crippen molar-refractivity contribution in [1.82, 2.24) is 14.8 Å². The summed E-state index contributed by atoms with van der Waals surface area (Å²) in [5.41, 5.74) is 3.28. The fourth-order valence-corrected chi connectivity index (χ4v) is 5.09. The number of aromatic nitrogens is 1. The molecule has 5 heteroatoms. The van der Waals surface area contributed by atoms with Gasteiger partial charge in [0.2, 0.25) is 0 Å². The molecule has 0 aliphatic carbocycles. The molecule has 1 unspecified atom stereocenters. The van der Waals surface area contributed by atoms with E-state index in [1.165, 1.54) is 23.8 Å². The number of amides is 1. The molecule has 1 amide bonds. The zero-order chi connectivity index (χ0) is 21.8. The van der Waals surface area contributed by atoms with E-state index in [0.717, 1.165) is 49.1 Å². The van der Waals surface area contributed by atoms with Crippen LogP contribution in [-0.4, -0.2) is 60.1 Å². The molecule has 0 bridgehead atoms. The topological polar surface area (TPSA) is 45.7 Å².